The quantitative estimate of drug-likeness (QED) is 0.774. The number of methoxy groups -OCH3 is 1. The molecule has 0 spiro atoms. The minimum absolute atomic E-state index is 0.0191. The van der Waals surface area contributed by atoms with E-state index in [1.165, 1.54) is 18.2 Å². The van der Waals surface area contributed by atoms with Crippen LogP contribution in [0.3, 0.4) is 0 Å². The number of anilines is 2. The van der Waals surface area contributed by atoms with Crippen molar-refractivity contribution in [2.75, 3.05) is 24.3 Å². The van der Waals surface area contributed by atoms with Crippen LogP contribution in [0.5, 0.6) is 5.75 Å². The molecule has 1 heterocycles. The van der Waals surface area contributed by atoms with Crippen LogP contribution in [0.2, 0.25) is 0 Å². The lowest BCUT2D eigenvalue weighted by Gasteiger charge is -2.31. The molecular formula is C18H20FNO3S. The van der Waals surface area contributed by atoms with E-state index in [1.807, 2.05) is 30.9 Å². The highest BCUT2D eigenvalue weighted by Crippen LogP contribution is 2.40. The SMILES string of the molecule is COc1ccc(N2CC(C)(C)CS(=O)(=O)c3ccc(F)cc32)cc1. The van der Waals surface area contributed by atoms with Gasteiger partial charge < -0.3 is 9.64 Å². The van der Waals surface area contributed by atoms with E-state index in [1.54, 1.807) is 19.2 Å². The van der Waals surface area contributed by atoms with Gasteiger partial charge in [-0.15, -0.1) is 0 Å². The molecule has 2 aromatic rings. The number of hydrogen-bond acceptors (Lipinski definition) is 4. The molecule has 0 aliphatic carbocycles. The fourth-order valence-corrected chi connectivity index (χ4v) is 5.15. The molecule has 24 heavy (non-hydrogen) atoms. The topological polar surface area (TPSA) is 46.6 Å². The van der Waals surface area contributed by atoms with E-state index in [0.29, 0.717) is 18.0 Å². The summed E-state index contributed by atoms with van der Waals surface area (Å²) in [6, 6.07) is 11.2. The Balaban J connectivity index is 2.21. The molecule has 0 atom stereocenters. The minimum atomic E-state index is -3.49. The third kappa shape index (κ3) is 3.11. The number of halogens is 1. The van der Waals surface area contributed by atoms with Gasteiger partial charge in [0.05, 0.1) is 23.4 Å². The van der Waals surface area contributed by atoms with Crippen molar-refractivity contribution in [2.45, 2.75) is 18.7 Å². The third-order valence-electron chi connectivity index (χ3n) is 4.10. The molecular weight excluding hydrogens is 329 g/mol. The fraction of sp³-hybridized carbons (Fsp3) is 0.333. The Hall–Kier alpha value is -2.08. The van der Waals surface area contributed by atoms with Crippen LogP contribution >= 0.6 is 0 Å². The van der Waals surface area contributed by atoms with Gasteiger partial charge in [-0.05, 0) is 47.9 Å². The lowest BCUT2D eigenvalue weighted by atomic mass is 9.95. The van der Waals surface area contributed by atoms with Crippen LogP contribution in [-0.2, 0) is 9.84 Å². The minimum Gasteiger partial charge on any atom is -0.497 e. The van der Waals surface area contributed by atoms with Crippen molar-refractivity contribution >= 4 is 21.2 Å². The summed E-state index contributed by atoms with van der Waals surface area (Å²) in [6.07, 6.45) is 0. The Morgan fingerprint density at radius 1 is 1.12 bits per heavy atom. The Labute approximate surface area is 141 Å². The van der Waals surface area contributed by atoms with Crippen molar-refractivity contribution in [3.63, 3.8) is 0 Å². The average Bonchev–Trinajstić information content (AvgIpc) is 2.58. The molecule has 3 rings (SSSR count). The zero-order valence-electron chi connectivity index (χ0n) is 13.9. The number of benzene rings is 2. The largest absolute Gasteiger partial charge is 0.497 e. The lowest BCUT2D eigenvalue weighted by Crippen LogP contribution is -2.33. The van der Waals surface area contributed by atoms with Crippen LogP contribution in [0.1, 0.15) is 13.8 Å². The number of fused-ring (bicyclic) bond motifs is 1. The van der Waals surface area contributed by atoms with E-state index < -0.39 is 21.1 Å². The van der Waals surface area contributed by atoms with Crippen molar-refractivity contribution in [1.29, 1.82) is 0 Å². The van der Waals surface area contributed by atoms with Gasteiger partial charge in [0.25, 0.3) is 0 Å². The average molecular weight is 349 g/mol. The summed E-state index contributed by atoms with van der Waals surface area (Å²) in [5.74, 6) is 0.271. The van der Waals surface area contributed by atoms with Crippen LogP contribution in [0.4, 0.5) is 15.8 Å². The summed E-state index contributed by atoms with van der Waals surface area (Å²) in [6.45, 7) is 4.28. The van der Waals surface area contributed by atoms with Gasteiger partial charge in [-0.25, -0.2) is 12.8 Å². The second-order valence-electron chi connectivity index (χ2n) is 6.82. The fourth-order valence-electron chi connectivity index (χ4n) is 3.11. The van der Waals surface area contributed by atoms with Crippen molar-refractivity contribution in [2.24, 2.45) is 5.41 Å². The van der Waals surface area contributed by atoms with Gasteiger partial charge in [0.15, 0.2) is 9.84 Å². The van der Waals surface area contributed by atoms with Gasteiger partial charge in [-0.3, -0.25) is 0 Å². The molecule has 128 valence electrons. The van der Waals surface area contributed by atoms with E-state index in [4.69, 9.17) is 4.74 Å². The first-order valence-corrected chi connectivity index (χ1v) is 9.31. The maximum Gasteiger partial charge on any atom is 0.181 e. The number of sulfone groups is 1. The predicted octanol–water partition coefficient (Wildman–Crippen LogP) is 3.79. The number of ether oxygens (including phenoxy) is 1. The van der Waals surface area contributed by atoms with Crippen molar-refractivity contribution < 1.29 is 17.5 Å². The summed E-state index contributed by atoms with van der Waals surface area (Å²) >= 11 is 0. The second kappa shape index (κ2) is 5.77. The molecule has 0 unspecified atom stereocenters. The molecule has 1 aliphatic heterocycles. The van der Waals surface area contributed by atoms with Crippen molar-refractivity contribution in [3.8, 4) is 5.75 Å². The highest BCUT2D eigenvalue weighted by Gasteiger charge is 2.36. The number of rotatable bonds is 2. The molecule has 0 saturated carbocycles. The summed E-state index contributed by atoms with van der Waals surface area (Å²) in [5, 5.41) is 0. The maximum absolute atomic E-state index is 13.8. The molecule has 0 radical (unpaired) electrons. The molecule has 2 aromatic carbocycles. The monoisotopic (exact) mass is 349 g/mol. The molecule has 0 saturated heterocycles. The Morgan fingerprint density at radius 2 is 1.79 bits per heavy atom. The van der Waals surface area contributed by atoms with Gasteiger partial charge >= 0.3 is 0 Å². The zero-order valence-corrected chi connectivity index (χ0v) is 14.7. The van der Waals surface area contributed by atoms with E-state index in [0.717, 1.165) is 5.69 Å². The Kier molecular flexibility index (Phi) is 4.03. The molecule has 0 amide bonds. The maximum atomic E-state index is 13.8. The summed E-state index contributed by atoms with van der Waals surface area (Å²) < 4.78 is 44.5. The van der Waals surface area contributed by atoms with Gasteiger partial charge in [0.1, 0.15) is 11.6 Å². The first-order valence-electron chi connectivity index (χ1n) is 7.66. The molecule has 0 fully saturated rings. The summed E-state index contributed by atoms with van der Waals surface area (Å²) in [5.41, 5.74) is 0.701. The van der Waals surface area contributed by atoms with Crippen LogP contribution in [-0.4, -0.2) is 27.8 Å². The van der Waals surface area contributed by atoms with Crippen molar-refractivity contribution in [3.05, 3.63) is 48.3 Å². The molecule has 4 nitrogen and oxygen atoms in total. The van der Waals surface area contributed by atoms with Crippen LogP contribution in [0.15, 0.2) is 47.4 Å². The molecule has 0 bridgehead atoms. The Morgan fingerprint density at radius 3 is 2.42 bits per heavy atom. The normalized spacial score (nSPS) is 18.6. The predicted molar refractivity (Wildman–Crippen MR) is 92.2 cm³/mol. The van der Waals surface area contributed by atoms with Crippen molar-refractivity contribution in [1.82, 2.24) is 0 Å². The van der Waals surface area contributed by atoms with E-state index in [2.05, 4.69) is 0 Å². The zero-order chi connectivity index (χ0) is 17.5. The highest BCUT2D eigenvalue weighted by molar-refractivity contribution is 7.91. The smallest absolute Gasteiger partial charge is 0.181 e. The van der Waals surface area contributed by atoms with E-state index >= 15 is 0 Å². The molecule has 0 N–H and O–H groups in total. The van der Waals surface area contributed by atoms with Gasteiger partial charge in [0, 0.05) is 12.2 Å². The van der Waals surface area contributed by atoms with Crippen LogP contribution < -0.4 is 9.64 Å². The van der Waals surface area contributed by atoms with Crippen LogP contribution in [0, 0.1) is 11.2 Å². The third-order valence-corrected chi connectivity index (χ3v) is 6.27. The van der Waals surface area contributed by atoms with E-state index in [-0.39, 0.29) is 10.6 Å². The van der Waals surface area contributed by atoms with Gasteiger partial charge in [-0.2, -0.15) is 0 Å². The van der Waals surface area contributed by atoms with E-state index in [9.17, 15) is 12.8 Å². The highest BCUT2D eigenvalue weighted by atomic mass is 32.2. The molecule has 6 heteroatoms. The first-order chi connectivity index (χ1) is 11.2. The van der Waals surface area contributed by atoms with Crippen LogP contribution in [0.25, 0.3) is 0 Å². The molecule has 1 aliphatic rings. The Bertz CT molecular complexity index is 860. The number of hydrogen-bond donors (Lipinski definition) is 0. The second-order valence-corrected chi connectivity index (χ2v) is 8.78. The standard InChI is InChI=1S/C18H20FNO3S/c1-18(2)11-20(14-5-7-15(23-3)8-6-14)16-10-13(19)4-9-17(16)24(21,22)12-18/h4-10H,11-12H2,1-3H3. The van der Waals surface area contributed by atoms with Gasteiger partial charge in [0.2, 0.25) is 0 Å². The summed E-state index contributed by atoms with van der Waals surface area (Å²) in [4.78, 5) is 2.04. The van der Waals surface area contributed by atoms with Gasteiger partial charge in [-0.1, -0.05) is 13.8 Å². The first kappa shape index (κ1) is 16.8. The lowest BCUT2D eigenvalue weighted by molar-refractivity contribution is 0.414. The number of nitrogens with zero attached hydrogens (tertiary/aromatic N) is 1. The molecule has 0 aromatic heterocycles. The summed E-state index contributed by atoms with van der Waals surface area (Å²) in [7, 11) is -1.91.